The van der Waals surface area contributed by atoms with Gasteiger partial charge in [-0.1, -0.05) is 24.8 Å². The highest BCUT2D eigenvalue weighted by atomic mass is 19.1. The predicted octanol–water partition coefficient (Wildman–Crippen LogP) is 2.77. The van der Waals surface area contributed by atoms with E-state index in [1.165, 1.54) is 6.07 Å². The van der Waals surface area contributed by atoms with E-state index in [4.69, 9.17) is 5.84 Å². The molecular weight excluding hydrogens is 369 g/mol. The average molecular weight is 393 g/mol. The molecule has 1 saturated heterocycles. The Kier molecular flexibility index (Phi) is 5.08. The highest BCUT2D eigenvalue weighted by Gasteiger charge is 2.29. The third-order valence-electron chi connectivity index (χ3n) is 5.42. The second-order valence-corrected chi connectivity index (χ2v) is 7.18. The van der Waals surface area contributed by atoms with Gasteiger partial charge in [-0.2, -0.15) is 0 Å². The Labute approximate surface area is 169 Å². The number of anilines is 3. The summed E-state index contributed by atoms with van der Waals surface area (Å²) in [5.74, 6) is 5.29. The van der Waals surface area contributed by atoms with Crippen LogP contribution in [0.3, 0.4) is 0 Å². The number of piperazine rings is 1. The highest BCUT2D eigenvalue weighted by Crippen LogP contribution is 2.41. The van der Waals surface area contributed by atoms with Crippen molar-refractivity contribution in [2.75, 3.05) is 41.4 Å². The number of amides is 1. The fourth-order valence-corrected chi connectivity index (χ4v) is 3.87. The van der Waals surface area contributed by atoms with Crippen LogP contribution in [0.1, 0.15) is 11.1 Å². The number of para-hydroxylation sites is 1. The van der Waals surface area contributed by atoms with E-state index in [0.717, 1.165) is 42.4 Å². The summed E-state index contributed by atoms with van der Waals surface area (Å²) in [7, 11) is 0. The lowest BCUT2D eigenvalue weighted by Crippen LogP contribution is -2.44. The molecule has 1 amide bonds. The van der Waals surface area contributed by atoms with Crippen molar-refractivity contribution in [1.82, 2.24) is 5.32 Å². The molecule has 4 N–H and O–H groups in total. The second kappa shape index (κ2) is 7.69. The number of rotatable bonds is 3. The van der Waals surface area contributed by atoms with E-state index >= 15 is 4.39 Å². The number of halogens is 1. The standard InChI is InChI=1S/C22H24FN5O/c1-14-17-12-19(23)21(27-10-8-25-9-11-27)15(2)20(17)26-13-18(14)22(29)28(24)16-6-4-3-5-7-16/h3-7,12-13,25-26H,1,8-11,24H2,2H3. The van der Waals surface area contributed by atoms with Gasteiger partial charge >= 0.3 is 0 Å². The number of nitrogens with one attached hydrogen (secondary N) is 2. The van der Waals surface area contributed by atoms with Crippen molar-refractivity contribution in [3.05, 3.63) is 71.7 Å². The number of hydrogen-bond donors (Lipinski definition) is 3. The first-order chi connectivity index (χ1) is 14.0. The van der Waals surface area contributed by atoms with Gasteiger partial charge in [0.2, 0.25) is 0 Å². The monoisotopic (exact) mass is 393 g/mol. The third-order valence-corrected chi connectivity index (χ3v) is 5.42. The molecule has 2 aromatic carbocycles. The van der Waals surface area contributed by atoms with Gasteiger partial charge in [-0.25, -0.2) is 15.2 Å². The van der Waals surface area contributed by atoms with Gasteiger partial charge in [0.25, 0.3) is 5.91 Å². The Bertz CT molecular complexity index is 996. The summed E-state index contributed by atoms with van der Waals surface area (Å²) in [5, 5.41) is 7.52. The van der Waals surface area contributed by atoms with E-state index in [0.29, 0.717) is 28.1 Å². The lowest BCUT2D eigenvalue weighted by atomic mass is 9.91. The molecule has 0 radical (unpaired) electrons. The molecule has 1 fully saturated rings. The van der Waals surface area contributed by atoms with Gasteiger partial charge in [0.05, 0.1) is 22.6 Å². The zero-order valence-electron chi connectivity index (χ0n) is 16.3. The molecule has 0 atom stereocenters. The molecule has 7 heteroatoms. The van der Waals surface area contributed by atoms with Crippen molar-refractivity contribution < 1.29 is 9.18 Å². The van der Waals surface area contributed by atoms with Crippen molar-refractivity contribution in [3.63, 3.8) is 0 Å². The molecule has 2 aliphatic heterocycles. The number of fused-ring (bicyclic) bond motifs is 1. The summed E-state index contributed by atoms with van der Waals surface area (Å²) < 4.78 is 15.1. The maximum absolute atomic E-state index is 15.1. The van der Waals surface area contributed by atoms with Crippen LogP contribution in [0.15, 0.2) is 54.8 Å². The molecule has 2 aliphatic rings. The van der Waals surface area contributed by atoms with Crippen LogP contribution in [-0.4, -0.2) is 32.1 Å². The molecule has 0 spiro atoms. The Hall–Kier alpha value is -3.16. The molecule has 0 bridgehead atoms. The molecule has 0 unspecified atom stereocenters. The number of benzene rings is 2. The highest BCUT2D eigenvalue weighted by molar-refractivity contribution is 6.17. The summed E-state index contributed by atoms with van der Waals surface area (Å²) in [5.41, 5.74) is 4.06. The molecule has 0 saturated carbocycles. The van der Waals surface area contributed by atoms with E-state index in [-0.39, 0.29) is 5.82 Å². The molecule has 150 valence electrons. The predicted molar refractivity (Wildman–Crippen MR) is 115 cm³/mol. The maximum atomic E-state index is 15.1. The van der Waals surface area contributed by atoms with Gasteiger partial charge in [-0.05, 0) is 36.3 Å². The van der Waals surface area contributed by atoms with Crippen LogP contribution in [0.25, 0.3) is 5.57 Å². The van der Waals surface area contributed by atoms with Crippen LogP contribution < -0.4 is 26.4 Å². The number of nitrogens with two attached hydrogens (primary N) is 1. The smallest absolute Gasteiger partial charge is 0.274 e. The number of carbonyl (C=O) groups is 1. The van der Waals surface area contributed by atoms with E-state index in [1.807, 2.05) is 17.9 Å². The average Bonchev–Trinajstić information content (AvgIpc) is 2.75. The number of nitrogens with zero attached hydrogens (tertiary/aromatic N) is 2. The van der Waals surface area contributed by atoms with Crippen LogP contribution in [0, 0.1) is 12.7 Å². The van der Waals surface area contributed by atoms with Crippen LogP contribution >= 0.6 is 0 Å². The van der Waals surface area contributed by atoms with Gasteiger partial charge in [0.15, 0.2) is 0 Å². The molecule has 4 rings (SSSR count). The summed E-state index contributed by atoms with van der Waals surface area (Å²) in [4.78, 5) is 15.0. The van der Waals surface area contributed by atoms with Crippen LogP contribution in [0.2, 0.25) is 0 Å². The minimum absolute atomic E-state index is 0.303. The van der Waals surface area contributed by atoms with Gasteiger partial charge in [0, 0.05) is 37.9 Å². The van der Waals surface area contributed by atoms with E-state index in [9.17, 15) is 4.79 Å². The third kappa shape index (κ3) is 3.39. The zero-order valence-corrected chi connectivity index (χ0v) is 16.3. The number of hydrazine groups is 1. The molecular formula is C22H24FN5O. The Morgan fingerprint density at radius 2 is 1.93 bits per heavy atom. The van der Waals surface area contributed by atoms with Gasteiger partial charge in [-0.3, -0.25) is 4.79 Å². The first-order valence-electron chi connectivity index (χ1n) is 9.58. The Morgan fingerprint density at radius 3 is 2.62 bits per heavy atom. The lowest BCUT2D eigenvalue weighted by Gasteiger charge is -2.33. The SMILES string of the molecule is C=C1C(C(=O)N(N)c2ccccc2)=CNc2c1cc(F)c(N1CCNCC1)c2C. The molecule has 0 aliphatic carbocycles. The quantitative estimate of drug-likeness (QED) is 0.425. The fourth-order valence-electron chi connectivity index (χ4n) is 3.87. The summed E-state index contributed by atoms with van der Waals surface area (Å²) >= 11 is 0. The molecule has 2 heterocycles. The fraction of sp³-hybridized carbons (Fsp3) is 0.227. The van der Waals surface area contributed by atoms with Crippen molar-refractivity contribution in [1.29, 1.82) is 0 Å². The van der Waals surface area contributed by atoms with Crippen LogP contribution in [0.4, 0.5) is 21.5 Å². The largest absolute Gasteiger partial charge is 0.366 e. The van der Waals surface area contributed by atoms with Crippen LogP contribution in [-0.2, 0) is 4.79 Å². The maximum Gasteiger partial charge on any atom is 0.274 e. The van der Waals surface area contributed by atoms with E-state index in [1.54, 1.807) is 30.5 Å². The van der Waals surface area contributed by atoms with Crippen molar-refractivity contribution in [3.8, 4) is 0 Å². The van der Waals surface area contributed by atoms with E-state index in [2.05, 4.69) is 17.2 Å². The topological polar surface area (TPSA) is 73.6 Å². The van der Waals surface area contributed by atoms with Crippen molar-refractivity contribution in [2.24, 2.45) is 5.84 Å². The van der Waals surface area contributed by atoms with E-state index < -0.39 is 5.91 Å². The Morgan fingerprint density at radius 1 is 1.24 bits per heavy atom. The minimum Gasteiger partial charge on any atom is -0.366 e. The first kappa shape index (κ1) is 19.2. The summed E-state index contributed by atoms with van der Waals surface area (Å²) in [6.07, 6.45) is 1.60. The summed E-state index contributed by atoms with van der Waals surface area (Å²) in [6, 6.07) is 10.4. The van der Waals surface area contributed by atoms with Gasteiger partial charge in [-0.15, -0.1) is 0 Å². The zero-order chi connectivity index (χ0) is 20.5. The number of hydrogen-bond acceptors (Lipinski definition) is 5. The van der Waals surface area contributed by atoms with Crippen molar-refractivity contribution in [2.45, 2.75) is 6.92 Å². The normalized spacial score (nSPS) is 16.0. The van der Waals surface area contributed by atoms with Crippen molar-refractivity contribution >= 4 is 28.5 Å². The molecule has 29 heavy (non-hydrogen) atoms. The van der Waals surface area contributed by atoms with Gasteiger partial charge in [0.1, 0.15) is 5.82 Å². The first-order valence-corrected chi connectivity index (χ1v) is 9.58. The molecule has 6 nitrogen and oxygen atoms in total. The minimum atomic E-state index is -0.413. The number of carbonyl (C=O) groups excluding carboxylic acids is 1. The van der Waals surface area contributed by atoms with Gasteiger partial charge < -0.3 is 15.5 Å². The molecule has 0 aromatic heterocycles. The second-order valence-electron chi connectivity index (χ2n) is 7.18. The summed E-state index contributed by atoms with van der Waals surface area (Å²) in [6.45, 7) is 9.08. The van der Waals surface area contributed by atoms with Crippen LogP contribution in [0.5, 0.6) is 0 Å². The molecule has 2 aromatic rings. The lowest BCUT2D eigenvalue weighted by molar-refractivity contribution is -0.114. The Balaban J connectivity index is 1.66.